The normalized spacial score (nSPS) is 11.6. The summed E-state index contributed by atoms with van der Waals surface area (Å²) in [4.78, 5) is 23.6. The Morgan fingerprint density at radius 2 is 1.83 bits per heavy atom. The van der Waals surface area contributed by atoms with Crippen LogP contribution in [0.1, 0.15) is 22.7 Å². The van der Waals surface area contributed by atoms with Crippen molar-refractivity contribution in [3.05, 3.63) is 65.2 Å². The van der Waals surface area contributed by atoms with Gasteiger partial charge in [0.05, 0.1) is 0 Å². The lowest BCUT2D eigenvalue weighted by atomic mass is 10.1. The standard InChI is InChI=1S/C18H20N2O3/c1-12-8-9-13(2)15(10-12)23-11-16(21)20-17(18(19)22)14-6-4-3-5-7-14/h3-10,17H,11H2,1-2H3,(H2,19,22)(H,20,21). The number of carbonyl (C=O) groups is 2. The van der Waals surface area contributed by atoms with E-state index in [-0.39, 0.29) is 6.61 Å². The predicted octanol–water partition coefficient (Wildman–Crippen LogP) is 2.03. The highest BCUT2D eigenvalue weighted by atomic mass is 16.5. The van der Waals surface area contributed by atoms with Crippen LogP contribution < -0.4 is 15.8 Å². The van der Waals surface area contributed by atoms with Gasteiger partial charge in [0.1, 0.15) is 11.8 Å². The minimum Gasteiger partial charge on any atom is -0.483 e. The third kappa shape index (κ3) is 4.57. The van der Waals surface area contributed by atoms with Crippen molar-refractivity contribution in [3.8, 4) is 5.75 Å². The summed E-state index contributed by atoms with van der Waals surface area (Å²) in [5.74, 6) is -0.370. The van der Waals surface area contributed by atoms with E-state index in [1.54, 1.807) is 24.3 Å². The van der Waals surface area contributed by atoms with Gasteiger partial charge in [0, 0.05) is 0 Å². The predicted molar refractivity (Wildman–Crippen MR) is 87.9 cm³/mol. The summed E-state index contributed by atoms with van der Waals surface area (Å²) < 4.78 is 5.53. The molecule has 0 aliphatic carbocycles. The summed E-state index contributed by atoms with van der Waals surface area (Å²) in [6, 6.07) is 13.8. The molecule has 2 aromatic rings. The Bertz CT molecular complexity index is 699. The Morgan fingerprint density at radius 3 is 2.48 bits per heavy atom. The van der Waals surface area contributed by atoms with E-state index in [0.29, 0.717) is 11.3 Å². The molecule has 0 spiro atoms. The summed E-state index contributed by atoms with van der Waals surface area (Å²) in [6.45, 7) is 3.68. The number of amides is 2. The average Bonchev–Trinajstić information content (AvgIpc) is 2.54. The maximum atomic E-state index is 12.1. The molecule has 0 bridgehead atoms. The lowest BCUT2D eigenvalue weighted by Gasteiger charge is -2.16. The van der Waals surface area contributed by atoms with E-state index in [0.717, 1.165) is 11.1 Å². The molecule has 23 heavy (non-hydrogen) atoms. The molecule has 0 saturated heterocycles. The Morgan fingerprint density at radius 1 is 1.13 bits per heavy atom. The molecule has 0 heterocycles. The van der Waals surface area contributed by atoms with Crippen LogP contribution >= 0.6 is 0 Å². The van der Waals surface area contributed by atoms with Crippen LogP contribution in [0.3, 0.4) is 0 Å². The van der Waals surface area contributed by atoms with E-state index >= 15 is 0 Å². The summed E-state index contributed by atoms with van der Waals surface area (Å²) >= 11 is 0. The topological polar surface area (TPSA) is 81.4 Å². The molecule has 1 unspecified atom stereocenters. The van der Waals surface area contributed by atoms with Gasteiger partial charge in [-0.25, -0.2) is 0 Å². The molecular formula is C18H20N2O3. The van der Waals surface area contributed by atoms with Crippen LogP contribution in [-0.2, 0) is 9.59 Å². The van der Waals surface area contributed by atoms with Crippen LogP contribution in [0.4, 0.5) is 0 Å². The van der Waals surface area contributed by atoms with E-state index in [4.69, 9.17) is 10.5 Å². The second-order valence-corrected chi connectivity index (χ2v) is 5.37. The van der Waals surface area contributed by atoms with Gasteiger partial charge in [0.2, 0.25) is 5.91 Å². The van der Waals surface area contributed by atoms with Crippen LogP contribution in [0, 0.1) is 13.8 Å². The van der Waals surface area contributed by atoms with Crippen LogP contribution in [0.15, 0.2) is 48.5 Å². The summed E-state index contributed by atoms with van der Waals surface area (Å²) in [7, 11) is 0. The number of rotatable bonds is 6. The lowest BCUT2D eigenvalue weighted by molar-refractivity contribution is -0.128. The molecule has 5 heteroatoms. The number of nitrogens with one attached hydrogen (secondary N) is 1. The van der Waals surface area contributed by atoms with Gasteiger partial charge in [-0.05, 0) is 36.6 Å². The average molecular weight is 312 g/mol. The van der Waals surface area contributed by atoms with Gasteiger partial charge < -0.3 is 15.8 Å². The van der Waals surface area contributed by atoms with Crippen molar-refractivity contribution in [2.24, 2.45) is 5.73 Å². The molecule has 120 valence electrons. The Balaban J connectivity index is 2.00. The molecule has 0 radical (unpaired) electrons. The van der Waals surface area contributed by atoms with E-state index in [1.165, 1.54) is 0 Å². The van der Waals surface area contributed by atoms with Gasteiger partial charge in [0.15, 0.2) is 6.61 Å². The van der Waals surface area contributed by atoms with Gasteiger partial charge in [-0.1, -0.05) is 42.5 Å². The Labute approximate surface area is 135 Å². The quantitative estimate of drug-likeness (QED) is 0.856. The van der Waals surface area contributed by atoms with E-state index in [9.17, 15) is 9.59 Å². The number of aryl methyl sites for hydroxylation is 2. The number of primary amides is 1. The molecule has 0 aliphatic rings. The van der Waals surface area contributed by atoms with Crippen molar-refractivity contribution in [2.75, 3.05) is 6.61 Å². The number of ether oxygens (including phenoxy) is 1. The zero-order valence-corrected chi connectivity index (χ0v) is 13.2. The van der Waals surface area contributed by atoms with Crippen LogP contribution in [0.25, 0.3) is 0 Å². The van der Waals surface area contributed by atoms with Crippen molar-refractivity contribution in [1.29, 1.82) is 0 Å². The molecule has 0 aliphatic heterocycles. The fourth-order valence-corrected chi connectivity index (χ4v) is 2.17. The number of hydrogen-bond donors (Lipinski definition) is 2. The molecule has 0 aromatic heterocycles. The Kier molecular flexibility index (Phi) is 5.36. The molecule has 5 nitrogen and oxygen atoms in total. The first kappa shape index (κ1) is 16.5. The van der Waals surface area contributed by atoms with Gasteiger partial charge >= 0.3 is 0 Å². The number of nitrogens with two attached hydrogens (primary N) is 1. The highest BCUT2D eigenvalue weighted by Gasteiger charge is 2.20. The smallest absolute Gasteiger partial charge is 0.258 e. The SMILES string of the molecule is Cc1ccc(C)c(OCC(=O)NC(C(N)=O)c2ccccc2)c1. The van der Waals surface area contributed by atoms with Crippen LogP contribution in [-0.4, -0.2) is 18.4 Å². The van der Waals surface area contributed by atoms with Crippen LogP contribution in [0.2, 0.25) is 0 Å². The van der Waals surface area contributed by atoms with Gasteiger partial charge in [0.25, 0.3) is 5.91 Å². The van der Waals surface area contributed by atoms with Crippen molar-refractivity contribution in [3.63, 3.8) is 0 Å². The molecule has 2 aromatic carbocycles. The van der Waals surface area contributed by atoms with E-state index in [1.807, 2.05) is 38.1 Å². The highest BCUT2D eigenvalue weighted by Crippen LogP contribution is 2.19. The van der Waals surface area contributed by atoms with Crippen molar-refractivity contribution in [2.45, 2.75) is 19.9 Å². The molecular weight excluding hydrogens is 292 g/mol. The van der Waals surface area contributed by atoms with Crippen molar-refractivity contribution < 1.29 is 14.3 Å². The zero-order valence-electron chi connectivity index (χ0n) is 13.2. The molecule has 2 amide bonds. The second-order valence-electron chi connectivity index (χ2n) is 5.37. The van der Waals surface area contributed by atoms with Gasteiger partial charge in [-0.2, -0.15) is 0 Å². The minimum atomic E-state index is -0.870. The third-order valence-electron chi connectivity index (χ3n) is 3.43. The molecule has 0 fully saturated rings. The maximum Gasteiger partial charge on any atom is 0.258 e. The first-order valence-electron chi connectivity index (χ1n) is 7.31. The van der Waals surface area contributed by atoms with Crippen molar-refractivity contribution >= 4 is 11.8 Å². The summed E-state index contributed by atoms with van der Waals surface area (Å²) in [6.07, 6.45) is 0. The van der Waals surface area contributed by atoms with E-state index < -0.39 is 17.9 Å². The monoisotopic (exact) mass is 312 g/mol. The Hall–Kier alpha value is -2.82. The summed E-state index contributed by atoms with van der Waals surface area (Å²) in [5.41, 5.74) is 8.00. The first-order chi connectivity index (χ1) is 11.0. The van der Waals surface area contributed by atoms with Crippen molar-refractivity contribution in [1.82, 2.24) is 5.32 Å². The van der Waals surface area contributed by atoms with E-state index in [2.05, 4.69) is 5.32 Å². The molecule has 3 N–H and O–H groups in total. The first-order valence-corrected chi connectivity index (χ1v) is 7.31. The number of carbonyl (C=O) groups excluding carboxylic acids is 2. The number of benzene rings is 2. The molecule has 1 atom stereocenters. The number of hydrogen-bond acceptors (Lipinski definition) is 3. The minimum absolute atomic E-state index is 0.180. The fourth-order valence-electron chi connectivity index (χ4n) is 2.17. The van der Waals surface area contributed by atoms with Crippen LogP contribution in [0.5, 0.6) is 5.75 Å². The second kappa shape index (κ2) is 7.45. The third-order valence-corrected chi connectivity index (χ3v) is 3.43. The maximum absolute atomic E-state index is 12.1. The summed E-state index contributed by atoms with van der Waals surface area (Å²) in [5, 5.41) is 2.60. The highest BCUT2D eigenvalue weighted by molar-refractivity contribution is 5.88. The molecule has 0 saturated carbocycles. The van der Waals surface area contributed by atoms with Gasteiger partial charge in [-0.15, -0.1) is 0 Å². The lowest BCUT2D eigenvalue weighted by Crippen LogP contribution is -2.39. The van der Waals surface area contributed by atoms with Gasteiger partial charge in [-0.3, -0.25) is 9.59 Å². The fraction of sp³-hybridized carbons (Fsp3) is 0.222. The molecule has 2 rings (SSSR count). The zero-order chi connectivity index (χ0) is 16.8. The largest absolute Gasteiger partial charge is 0.483 e.